The predicted molar refractivity (Wildman–Crippen MR) is 80.2 cm³/mol. The number of furan rings is 1. The molecule has 0 aromatic carbocycles. The Labute approximate surface area is 123 Å². The summed E-state index contributed by atoms with van der Waals surface area (Å²) in [4.78, 5) is 15.9. The van der Waals surface area contributed by atoms with E-state index in [1.54, 1.807) is 22.5 Å². The standard InChI is InChI=1S/C16H19NO2S/c1-11(14-7-5-9-19-14)17(2)16(18)13-10-20-15-8-4-3-6-12(13)15/h5,7,9-11H,3-4,6,8H2,1-2H3. The lowest BCUT2D eigenvalue weighted by Crippen LogP contribution is -2.30. The fourth-order valence-electron chi connectivity index (χ4n) is 2.76. The molecule has 1 atom stereocenters. The van der Waals surface area contributed by atoms with Gasteiger partial charge in [0.15, 0.2) is 0 Å². The maximum Gasteiger partial charge on any atom is 0.255 e. The van der Waals surface area contributed by atoms with Crippen LogP contribution in [0.15, 0.2) is 28.2 Å². The van der Waals surface area contributed by atoms with Crippen LogP contribution in [-0.2, 0) is 12.8 Å². The third-order valence-electron chi connectivity index (χ3n) is 4.15. The van der Waals surface area contributed by atoms with Gasteiger partial charge in [-0.05, 0) is 50.3 Å². The zero-order chi connectivity index (χ0) is 14.1. The van der Waals surface area contributed by atoms with Crippen LogP contribution in [0.4, 0.5) is 0 Å². The lowest BCUT2D eigenvalue weighted by atomic mass is 9.95. The average Bonchev–Trinajstić information content (AvgIpc) is 3.14. The van der Waals surface area contributed by atoms with Gasteiger partial charge in [-0.2, -0.15) is 0 Å². The number of rotatable bonds is 3. The van der Waals surface area contributed by atoms with Crippen LogP contribution in [0.1, 0.15) is 52.4 Å². The Hall–Kier alpha value is -1.55. The van der Waals surface area contributed by atoms with Crippen molar-refractivity contribution in [2.24, 2.45) is 0 Å². The van der Waals surface area contributed by atoms with Crippen molar-refractivity contribution in [2.75, 3.05) is 7.05 Å². The molecule has 2 heterocycles. The molecule has 0 radical (unpaired) electrons. The maximum absolute atomic E-state index is 12.7. The van der Waals surface area contributed by atoms with E-state index < -0.39 is 0 Å². The van der Waals surface area contributed by atoms with Crippen molar-refractivity contribution < 1.29 is 9.21 Å². The maximum atomic E-state index is 12.7. The van der Waals surface area contributed by atoms with Gasteiger partial charge < -0.3 is 9.32 Å². The van der Waals surface area contributed by atoms with Gasteiger partial charge in [0, 0.05) is 17.3 Å². The van der Waals surface area contributed by atoms with E-state index in [0.717, 1.165) is 24.2 Å². The first-order chi connectivity index (χ1) is 9.68. The van der Waals surface area contributed by atoms with E-state index in [1.807, 2.05) is 31.5 Å². The van der Waals surface area contributed by atoms with Gasteiger partial charge in [-0.25, -0.2) is 0 Å². The molecule has 0 saturated heterocycles. The van der Waals surface area contributed by atoms with E-state index in [4.69, 9.17) is 4.42 Å². The zero-order valence-corrected chi connectivity index (χ0v) is 12.7. The summed E-state index contributed by atoms with van der Waals surface area (Å²) in [6.45, 7) is 2.00. The van der Waals surface area contributed by atoms with Gasteiger partial charge in [0.25, 0.3) is 5.91 Å². The van der Waals surface area contributed by atoms with Crippen molar-refractivity contribution in [1.29, 1.82) is 0 Å². The topological polar surface area (TPSA) is 33.5 Å². The summed E-state index contributed by atoms with van der Waals surface area (Å²) in [5.41, 5.74) is 2.18. The van der Waals surface area contributed by atoms with Crippen LogP contribution in [0.2, 0.25) is 0 Å². The fraction of sp³-hybridized carbons (Fsp3) is 0.438. The Bertz CT molecular complexity index is 600. The largest absolute Gasteiger partial charge is 0.467 e. The molecule has 4 heteroatoms. The number of hydrogen-bond acceptors (Lipinski definition) is 3. The quantitative estimate of drug-likeness (QED) is 0.854. The van der Waals surface area contributed by atoms with Gasteiger partial charge in [0.1, 0.15) is 5.76 Å². The van der Waals surface area contributed by atoms with Crippen LogP contribution in [0.3, 0.4) is 0 Å². The summed E-state index contributed by atoms with van der Waals surface area (Å²) in [6, 6.07) is 3.73. The van der Waals surface area contributed by atoms with Crippen LogP contribution < -0.4 is 0 Å². The third-order valence-corrected chi connectivity index (χ3v) is 5.24. The molecule has 20 heavy (non-hydrogen) atoms. The first kappa shape index (κ1) is 13.4. The van der Waals surface area contributed by atoms with Crippen LogP contribution in [-0.4, -0.2) is 17.9 Å². The molecule has 0 aliphatic heterocycles. The molecule has 1 unspecified atom stereocenters. The van der Waals surface area contributed by atoms with Crippen molar-refractivity contribution in [1.82, 2.24) is 4.90 Å². The molecule has 0 saturated carbocycles. The summed E-state index contributed by atoms with van der Waals surface area (Å²) in [5, 5.41) is 2.03. The van der Waals surface area contributed by atoms with Crippen molar-refractivity contribution >= 4 is 17.2 Å². The molecular weight excluding hydrogens is 270 g/mol. The minimum absolute atomic E-state index is 0.0448. The number of carbonyl (C=O) groups excluding carboxylic acids is 1. The summed E-state index contributed by atoms with van der Waals surface area (Å²) in [6.07, 6.45) is 6.27. The Morgan fingerprint density at radius 3 is 2.95 bits per heavy atom. The Morgan fingerprint density at radius 2 is 2.20 bits per heavy atom. The summed E-state index contributed by atoms with van der Waals surface area (Å²) < 4.78 is 5.41. The van der Waals surface area contributed by atoms with Gasteiger partial charge in [0.2, 0.25) is 0 Å². The second kappa shape index (κ2) is 5.44. The number of carbonyl (C=O) groups is 1. The smallest absolute Gasteiger partial charge is 0.255 e. The highest BCUT2D eigenvalue weighted by molar-refractivity contribution is 7.10. The monoisotopic (exact) mass is 289 g/mol. The number of aryl methyl sites for hydroxylation is 1. The highest BCUT2D eigenvalue weighted by Crippen LogP contribution is 2.32. The molecule has 0 N–H and O–H groups in total. The average molecular weight is 289 g/mol. The summed E-state index contributed by atoms with van der Waals surface area (Å²) >= 11 is 1.74. The first-order valence-corrected chi connectivity index (χ1v) is 7.96. The van der Waals surface area contributed by atoms with Crippen LogP contribution in [0.25, 0.3) is 0 Å². The second-order valence-electron chi connectivity index (χ2n) is 5.37. The molecule has 1 aliphatic rings. The number of nitrogens with zero attached hydrogens (tertiary/aromatic N) is 1. The van der Waals surface area contributed by atoms with E-state index in [9.17, 15) is 4.79 Å². The number of amides is 1. The van der Waals surface area contributed by atoms with Crippen molar-refractivity contribution in [2.45, 2.75) is 38.6 Å². The highest BCUT2D eigenvalue weighted by Gasteiger charge is 2.26. The van der Waals surface area contributed by atoms with Crippen molar-refractivity contribution in [3.63, 3.8) is 0 Å². The van der Waals surface area contributed by atoms with Gasteiger partial charge in [-0.15, -0.1) is 11.3 Å². The van der Waals surface area contributed by atoms with Crippen molar-refractivity contribution in [3.8, 4) is 0 Å². The fourth-order valence-corrected chi connectivity index (χ4v) is 3.88. The summed E-state index contributed by atoms with van der Waals surface area (Å²) in [7, 11) is 1.85. The molecule has 3 rings (SSSR count). The minimum Gasteiger partial charge on any atom is -0.467 e. The molecule has 106 valence electrons. The molecule has 2 aromatic rings. The van der Waals surface area contributed by atoms with Crippen LogP contribution in [0, 0.1) is 0 Å². The Balaban J connectivity index is 1.83. The summed E-state index contributed by atoms with van der Waals surface area (Å²) in [5.74, 6) is 0.929. The molecule has 0 spiro atoms. The molecule has 1 aliphatic carbocycles. The van der Waals surface area contributed by atoms with Gasteiger partial charge >= 0.3 is 0 Å². The number of thiophene rings is 1. The van der Waals surface area contributed by atoms with Gasteiger partial charge in [0.05, 0.1) is 17.9 Å². The van der Waals surface area contributed by atoms with E-state index in [0.29, 0.717) is 0 Å². The van der Waals surface area contributed by atoms with Crippen LogP contribution in [0.5, 0.6) is 0 Å². The molecule has 0 bridgehead atoms. The van der Waals surface area contributed by atoms with E-state index in [2.05, 4.69) is 0 Å². The Morgan fingerprint density at radius 1 is 1.40 bits per heavy atom. The second-order valence-corrected chi connectivity index (χ2v) is 6.33. The highest BCUT2D eigenvalue weighted by atomic mass is 32.1. The number of hydrogen-bond donors (Lipinski definition) is 0. The van der Waals surface area contributed by atoms with Gasteiger partial charge in [-0.1, -0.05) is 0 Å². The van der Waals surface area contributed by atoms with E-state index in [1.165, 1.54) is 23.3 Å². The molecular formula is C16H19NO2S. The number of fused-ring (bicyclic) bond motifs is 1. The molecule has 0 fully saturated rings. The Kier molecular flexibility index (Phi) is 3.66. The molecule has 3 nitrogen and oxygen atoms in total. The van der Waals surface area contributed by atoms with Crippen molar-refractivity contribution in [3.05, 3.63) is 45.5 Å². The first-order valence-electron chi connectivity index (χ1n) is 7.08. The zero-order valence-electron chi connectivity index (χ0n) is 11.9. The SMILES string of the molecule is CC(c1ccco1)N(C)C(=O)c1csc2c1CCCC2. The minimum atomic E-state index is -0.0448. The predicted octanol–water partition coefficient (Wildman–Crippen LogP) is 4.05. The van der Waals surface area contributed by atoms with Gasteiger partial charge in [-0.3, -0.25) is 4.79 Å². The molecule has 2 aromatic heterocycles. The molecule has 1 amide bonds. The van der Waals surface area contributed by atoms with E-state index >= 15 is 0 Å². The lowest BCUT2D eigenvalue weighted by molar-refractivity contribution is 0.0725. The lowest BCUT2D eigenvalue weighted by Gasteiger charge is -2.24. The third kappa shape index (κ3) is 2.29. The van der Waals surface area contributed by atoms with Crippen LogP contribution >= 0.6 is 11.3 Å². The normalized spacial score (nSPS) is 15.7. The van der Waals surface area contributed by atoms with E-state index in [-0.39, 0.29) is 11.9 Å².